The lowest BCUT2D eigenvalue weighted by Gasteiger charge is -2.16. The van der Waals surface area contributed by atoms with Gasteiger partial charge >= 0.3 is 0 Å². The first-order chi connectivity index (χ1) is 16.1. The Balaban J connectivity index is 1.31. The van der Waals surface area contributed by atoms with Crippen LogP contribution in [0.4, 0.5) is 10.2 Å². The number of amides is 2. The number of pyridine rings is 1. The summed E-state index contributed by atoms with van der Waals surface area (Å²) in [5.41, 5.74) is 2.51. The Bertz CT molecular complexity index is 1200. The number of aromatic nitrogens is 2. The molecular weight excluding hydrogens is 433 g/mol. The second-order valence-electron chi connectivity index (χ2n) is 11.0. The minimum Gasteiger partial charge on any atom is -0.354 e. The van der Waals surface area contributed by atoms with Gasteiger partial charge in [0.05, 0.1) is 6.20 Å². The van der Waals surface area contributed by atoms with Crippen molar-refractivity contribution >= 4 is 17.6 Å². The Labute approximate surface area is 198 Å². The van der Waals surface area contributed by atoms with Gasteiger partial charge in [-0.1, -0.05) is 13.8 Å². The van der Waals surface area contributed by atoms with Gasteiger partial charge in [-0.3, -0.25) is 9.59 Å². The van der Waals surface area contributed by atoms with Crippen molar-refractivity contribution in [3.63, 3.8) is 0 Å². The fraction of sp³-hybridized carbons (Fsp3) is 0.538. The number of nitrogens with zero attached hydrogens (tertiary/aromatic N) is 3. The largest absolute Gasteiger partial charge is 0.354 e. The van der Waals surface area contributed by atoms with Crippen LogP contribution in [0.1, 0.15) is 57.8 Å². The molecule has 0 saturated heterocycles. The minimum atomic E-state index is -0.472. The molecule has 3 aliphatic rings. The number of fused-ring (bicyclic) bond motifs is 2. The molecule has 8 heteroatoms. The Kier molecular flexibility index (Phi) is 5.46. The molecule has 2 aromatic heterocycles. The van der Waals surface area contributed by atoms with Gasteiger partial charge in [-0.2, -0.15) is 5.26 Å². The molecule has 0 bridgehead atoms. The van der Waals surface area contributed by atoms with Gasteiger partial charge in [0.15, 0.2) is 0 Å². The molecule has 0 unspecified atom stereocenters. The Hall–Kier alpha value is -3.21. The summed E-state index contributed by atoms with van der Waals surface area (Å²) < 4.78 is 16.8. The predicted octanol–water partition coefficient (Wildman–Crippen LogP) is 4.02. The molecule has 2 amide bonds. The van der Waals surface area contributed by atoms with E-state index in [1.807, 2.05) is 4.57 Å². The average molecular weight is 464 g/mol. The summed E-state index contributed by atoms with van der Waals surface area (Å²) in [5.74, 6) is 0.550. The monoisotopic (exact) mass is 463 g/mol. The maximum absolute atomic E-state index is 14.9. The summed E-state index contributed by atoms with van der Waals surface area (Å²) in [4.78, 5) is 28.5. The molecule has 7 nitrogen and oxygen atoms in total. The Morgan fingerprint density at radius 1 is 1.18 bits per heavy atom. The highest BCUT2D eigenvalue weighted by Crippen LogP contribution is 2.47. The molecule has 2 aromatic rings. The van der Waals surface area contributed by atoms with E-state index < -0.39 is 5.82 Å². The van der Waals surface area contributed by atoms with Crippen LogP contribution in [-0.4, -0.2) is 27.4 Å². The van der Waals surface area contributed by atoms with E-state index in [9.17, 15) is 19.2 Å². The number of hydrogen-bond acceptors (Lipinski definition) is 4. The zero-order valence-electron chi connectivity index (χ0n) is 19.8. The maximum Gasteiger partial charge on any atom is 0.228 e. The molecule has 34 heavy (non-hydrogen) atoms. The van der Waals surface area contributed by atoms with Crippen LogP contribution < -0.4 is 10.6 Å². The number of nitriles is 1. The summed E-state index contributed by atoms with van der Waals surface area (Å²) in [6.45, 7) is 6.52. The van der Waals surface area contributed by atoms with Gasteiger partial charge in [0, 0.05) is 42.2 Å². The third-order valence-corrected chi connectivity index (χ3v) is 7.75. The van der Waals surface area contributed by atoms with Crippen molar-refractivity contribution in [1.29, 1.82) is 5.26 Å². The van der Waals surface area contributed by atoms with Crippen LogP contribution in [0.2, 0.25) is 0 Å². The first-order valence-electron chi connectivity index (χ1n) is 12.0. The number of carbonyl (C=O) groups is 2. The molecule has 2 fully saturated rings. The number of carbonyl (C=O) groups excluding carboxylic acids is 2. The summed E-state index contributed by atoms with van der Waals surface area (Å²) in [5, 5.41) is 15.5. The molecule has 4 atom stereocenters. The van der Waals surface area contributed by atoms with Crippen LogP contribution in [0.5, 0.6) is 0 Å². The molecule has 0 radical (unpaired) electrons. The average Bonchev–Trinajstić information content (AvgIpc) is 3.47. The quantitative estimate of drug-likeness (QED) is 0.715. The highest BCUT2D eigenvalue weighted by Gasteiger charge is 2.44. The molecule has 0 spiro atoms. The van der Waals surface area contributed by atoms with Gasteiger partial charge in [-0.05, 0) is 61.5 Å². The maximum atomic E-state index is 14.9. The van der Waals surface area contributed by atoms with Crippen molar-refractivity contribution in [2.45, 2.75) is 65.5 Å². The lowest BCUT2D eigenvalue weighted by molar-refractivity contribution is -0.121. The number of halogens is 1. The number of anilines is 1. The SMILES string of the molecule is CC(=O)N[C@@H]1C[C@@H]2C[C@@H](C(=O)Nc3cc(-c4cc(C#N)n5c4CC(C)(C)C5)c(F)cn3)C[C@@H]2C1. The van der Waals surface area contributed by atoms with Crippen molar-refractivity contribution in [3.05, 3.63) is 35.5 Å². The van der Waals surface area contributed by atoms with Crippen molar-refractivity contribution in [2.24, 2.45) is 23.2 Å². The first-order valence-corrected chi connectivity index (χ1v) is 12.0. The van der Waals surface area contributed by atoms with Crippen LogP contribution in [0, 0.1) is 40.3 Å². The second kappa shape index (κ2) is 8.23. The summed E-state index contributed by atoms with van der Waals surface area (Å²) >= 11 is 0. The Morgan fingerprint density at radius 3 is 2.53 bits per heavy atom. The minimum absolute atomic E-state index is 0.00299. The van der Waals surface area contributed by atoms with Gasteiger partial charge in [-0.25, -0.2) is 9.37 Å². The zero-order valence-corrected chi connectivity index (χ0v) is 19.8. The van der Waals surface area contributed by atoms with Gasteiger partial charge in [0.2, 0.25) is 11.8 Å². The standard InChI is InChI=1S/C26H30FN5O2/c1-14(33)30-18-6-15-4-17(5-16(15)7-18)25(34)31-24-9-20(22(27)12-29-24)21-8-19(11-28)32-13-26(2,3)10-23(21)32/h8-9,12,15-18H,4-7,10,13H2,1-3H3,(H,30,33)(H,29,31,34)/t15-,16+,17+,18+. The van der Waals surface area contributed by atoms with E-state index in [0.29, 0.717) is 41.0 Å². The number of rotatable bonds is 4. The summed E-state index contributed by atoms with van der Waals surface area (Å²) in [6.07, 6.45) is 5.33. The van der Waals surface area contributed by atoms with E-state index in [1.165, 1.54) is 0 Å². The van der Waals surface area contributed by atoms with Crippen molar-refractivity contribution in [3.8, 4) is 17.2 Å². The highest BCUT2D eigenvalue weighted by molar-refractivity contribution is 5.92. The lowest BCUT2D eigenvalue weighted by Crippen LogP contribution is -2.31. The molecular formula is C26H30FN5O2. The fourth-order valence-electron chi connectivity index (χ4n) is 6.40. The van der Waals surface area contributed by atoms with Crippen LogP contribution in [0.3, 0.4) is 0 Å². The number of hydrogen-bond donors (Lipinski definition) is 2. The molecule has 3 heterocycles. The van der Waals surface area contributed by atoms with Gasteiger partial charge in [-0.15, -0.1) is 0 Å². The van der Waals surface area contributed by atoms with E-state index in [-0.39, 0.29) is 29.2 Å². The van der Waals surface area contributed by atoms with Crippen LogP contribution in [0.15, 0.2) is 18.3 Å². The first kappa shape index (κ1) is 22.6. The molecule has 178 valence electrons. The van der Waals surface area contributed by atoms with Crippen molar-refractivity contribution < 1.29 is 14.0 Å². The van der Waals surface area contributed by atoms with Crippen LogP contribution in [0.25, 0.3) is 11.1 Å². The molecule has 0 aromatic carbocycles. The lowest BCUT2D eigenvalue weighted by atomic mass is 9.89. The molecule has 1 aliphatic heterocycles. The molecule has 2 aliphatic carbocycles. The zero-order chi connectivity index (χ0) is 24.2. The third kappa shape index (κ3) is 4.08. The summed E-state index contributed by atoms with van der Waals surface area (Å²) in [7, 11) is 0. The van der Waals surface area contributed by atoms with E-state index in [0.717, 1.165) is 44.0 Å². The normalized spacial score (nSPS) is 26.6. The second-order valence-corrected chi connectivity index (χ2v) is 11.0. The highest BCUT2D eigenvalue weighted by atomic mass is 19.1. The van der Waals surface area contributed by atoms with E-state index in [4.69, 9.17) is 0 Å². The van der Waals surface area contributed by atoms with Crippen molar-refractivity contribution in [2.75, 3.05) is 5.32 Å². The smallest absolute Gasteiger partial charge is 0.228 e. The van der Waals surface area contributed by atoms with Gasteiger partial charge in [0.25, 0.3) is 0 Å². The van der Waals surface area contributed by atoms with E-state index >= 15 is 0 Å². The van der Waals surface area contributed by atoms with Crippen LogP contribution >= 0.6 is 0 Å². The fourth-order valence-corrected chi connectivity index (χ4v) is 6.40. The molecule has 5 rings (SSSR count). The topological polar surface area (TPSA) is 99.8 Å². The van der Waals surface area contributed by atoms with E-state index in [2.05, 4.69) is 35.5 Å². The van der Waals surface area contributed by atoms with Gasteiger partial charge < -0.3 is 15.2 Å². The number of nitrogens with one attached hydrogen (secondary N) is 2. The molecule has 2 N–H and O–H groups in total. The van der Waals surface area contributed by atoms with Crippen molar-refractivity contribution in [1.82, 2.24) is 14.9 Å². The van der Waals surface area contributed by atoms with Crippen LogP contribution in [-0.2, 0) is 22.6 Å². The van der Waals surface area contributed by atoms with Gasteiger partial charge in [0.1, 0.15) is 23.4 Å². The molecule has 2 saturated carbocycles. The van der Waals surface area contributed by atoms with E-state index in [1.54, 1.807) is 19.1 Å². The third-order valence-electron chi connectivity index (χ3n) is 7.75. The Morgan fingerprint density at radius 2 is 1.88 bits per heavy atom. The summed E-state index contributed by atoms with van der Waals surface area (Å²) in [6, 6.07) is 5.75. The predicted molar refractivity (Wildman–Crippen MR) is 125 cm³/mol.